The monoisotopic (exact) mass is 450 g/mol. The lowest BCUT2D eigenvalue weighted by molar-refractivity contribution is -0.113. The number of aromatic nitrogens is 5. The van der Waals surface area contributed by atoms with Crippen molar-refractivity contribution >= 4 is 34.1 Å². The summed E-state index contributed by atoms with van der Waals surface area (Å²) in [6.07, 6.45) is 5.66. The van der Waals surface area contributed by atoms with Crippen LogP contribution in [0.3, 0.4) is 0 Å². The van der Waals surface area contributed by atoms with E-state index in [0.29, 0.717) is 16.1 Å². The minimum Gasteiger partial charge on any atom is -0.305 e. The fourth-order valence-electron chi connectivity index (χ4n) is 3.07. The summed E-state index contributed by atoms with van der Waals surface area (Å²) in [5.41, 5.74) is 4.12. The second-order valence-corrected chi connectivity index (χ2v) is 8.73. The Morgan fingerprint density at radius 2 is 2.00 bits per heavy atom. The third kappa shape index (κ3) is 5.18. The summed E-state index contributed by atoms with van der Waals surface area (Å²) < 4.78 is 1.86. The molecule has 7 nitrogen and oxygen atoms in total. The number of rotatable bonds is 8. The van der Waals surface area contributed by atoms with Gasteiger partial charge in [-0.3, -0.25) is 9.78 Å². The van der Waals surface area contributed by atoms with Gasteiger partial charge in [-0.1, -0.05) is 49.4 Å². The maximum Gasteiger partial charge on any atom is 0.236 e. The Hall–Kier alpha value is -3.04. The Morgan fingerprint density at radius 3 is 2.74 bits per heavy atom. The Bertz CT molecular complexity index is 1150. The maximum atomic E-state index is 12.4. The molecule has 0 bridgehead atoms. The smallest absolute Gasteiger partial charge is 0.236 e. The summed E-state index contributed by atoms with van der Waals surface area (Å²) in [5.74, 6) is 0.806. The van der Waals surface area contributed by atoms with Gasteiger partial charge in [0, 0.05) is 35.9 Å². The largest absolute Gasteiger partial charge is 0.305 e. The highest BCUT2D eigenvalue weighted by Gasteiger charge is 2.14. The minimum atomic E-state index is -0.130. The van der Waals surface area contributed by atoms with Gasteiger partial charge in [0.2, 0.25) is 5.91 Å². The van der Waals surface area contributed by atoms with Gasteiger partial charge in [0.1, 0.15) is 0 Å². The van der Waals surface area contributed by atoms with Crippen molar-refractivity contribution in [1.82, 2.24) is 24.7 Å². The Labute approximate surface area is 189 Å². The van der Waals surface area contributed by atoms with Crippen LogP contribution in [0.2, 0.25) is 0 Å². The van der Waals surface area contributed by atoms with Gasteiger partial charge in [0.15, 0.2) is 16.1 Å². The van der Waals surface area contributed by atoms with Crippen LogP contribution in [0, 0.1) is 0 Å². The number of aryl methyl sites for hydroxylation is 1. The zero-order valence-corrected chi connectivity index (χ0v) is 18.9. The number of carbonyl (C=O) groups is 1. The summed E-state index contributed by atoms with van der Waals surface area (Å²) >= 11 is 2.75. The van der Waals surface area contributed by atoms with Crippen molar-refractivity contribution in [1.29, 1.82) is 0 Å². The quantitative estimate of drug-likeness (QED) is 0.392. The predicted molar refractivity (Wildman–Crippen MR) is 125 cm³/mol. The van der Waals surface area contributed by atoms with Gasteiger partial charge in [0.05, 0.1) is 11.4 Å². The number of anilines is 1. The highest BCUT2D eigenvalue weighted by atomic mass is 32.2. The number of carbonyl (C=O) groups excluding carboxylic acids is 1. The van der Waals surface area contributed by atoms with Crippen molar-refractivity contribution in [2.75, 3.05) is 11.1 Å². The standard InChI is InChI=1S/C22H22N6OS2/c1-3-5-15-7-9-16(10-8-15)18-13-30-21(24-18)25-19(29)14-31-22-27-26-20(28(22)2)17-6-4-11-23-12-17/h4,6-13H,3,5,14H2,1-2H3,(H,24,25,29). The maximum absolute atomic E-state index is 12.4. The summed E-state index contributed by atoms with van der Waals surface area (Å²) in [6.45, 7) is 2.17. The van der Waals surface area contributed by atoms with E-state index in [0.717, 1.165) is 29.7 Å². The Morgan fingerprint density at radius 1 is 1.16 bits per heavy atom. The van der Waals surface area contributed by atoms with Gasteiger partial charge in [-0.05, 0) is 24.1 Å². The molecule has 1 aromatic carbocycles. The number of benzene rings is 1. The molecule has 158 valence electrons. The second-order valence-electron chi connectivity index (χ2n) is 6.93. The molecule has 0 saturated heterocycles. The van der Waals surface area contributed by atoms with E-state index < -0.39 is 0 Å². The minimum absolute atomic E-state index is 0.130. The van der Waals surface area contributed by atoms with Crippen molar-refractivity contribution in [2.24, 2.45) is 7.05 Å². The van der Waals surface area contributed by atoms with Crippen molar-refractivity contribution in [3.8, 4) is 22.6 Å². The van der Waals surface area contributed by atoms with E-state index in [9.17, 15) is 4.79 Å². The molecular weight excluding hydrogens is 428 g/mol. The molecule has 31 heavy (non-hydrogen) atoms. The molecule has 0 fully saturated rings. The van der Waals surface area contributed by atoms with E-state index in [2.05, 4.69) is 56.7 Å². The van der Waals surface area contributed by atoms with E-state index >= 15 is 0 Å². The highest BCUT2D eigenvalue weighted by molar-refractivity contribution is 7.99. The molecular formula is C22H22N6OS2. The summed E-state index contributed by atoms with van der Waals surface area (Å²) in [5, 5.41) is 14.5. The molecule has 1 amide bonds. The van der Waals surface area contributed by atoms with Crippen LogP contribution in [0.4, 0.5) is 5.13 Å². The third-order valence-electron chi connectivity index (χ3n) is 4.63. The van der Waals surface area contributed by atoms with Crippen LogP contribution in [0.5, 0.6) is 0 Å². The normalized spacial score (nSPS) is 10.9. The average Bonchev–Trinajstić information content (AvgIpc) is 3.40. The zero-order chi connectivity index (χ0) is 21.6. The fraction of sp³-hybridized carbons (Fsp3) is 0.227. The van der Waals surface area contributed by atoms with Crippen LogP contribution in [-0.4, -0.2) is 36.4 Å². The van der Waals surface area contributed by atoms with E-state index in [1.54, 1.807) is 12.4 Å². The molecule has 1 N–H and O–H groups in total. The van der Waals surface area contributed by atoms with Crippen molar-refractivity contribution in [3.63, 3.8) is 0 Å². The zero-order valence-electron chi connectivity index (χ0n) is 17.3. The van der Waals surface area contributed by atoms with E-state index in [1.165, 1.54) is 28.7 Å². The van der Waals surface area contributed by atoms with Crippen LogP contribution in [0.1, 0.15) is 18.9 Å². The number of thioether (sulfide) groups is 1. The van der Waals surface area contributed by atoms with Crippen LogP contribution < -0.4 is 5.32 Å². The molecule has 4 rings (SSSR count). The van der Waals surface area contributed by atoms with E-state index in [4.69, 9.17) is 0 Å². The number of amides is 1. The topological polar surface area (TPSA) is 85.6 Å². The molecule has 3 aromatic heterocycles. The molecule has 0 aliphatic heterocycles. The van der Waals surface area contributed by atoms with Crippen molar-refractivity contribution < 1.29 is 4.79 Å². The van der Waals surface area contributed by atoms with Gasteiger partial charge in [-0.2, -0.15) is 0 Å². The molecule has 4 aromatic rings. The molecule has 0 radical (unpaired) electrons. The lowest BCUT2D eigenvalue weighted by Gasteiger charge is -2.04. The Kier molecular flexibility index (Phi) is 6.73. The van der Waals surface area contributed by atoms with Crippen LogP contribution >= 0.6 is 23.1 Å². The lowest BCUT2D eigenvalue weighted by Crippen LogP contribution is -2.14. The SMILES string of the molecule is CCCc1ccc(-c2csc(NC(=O)CSc3nnc(-c4cccnc4)n3C)n2)cc1. The fourth-order valence-corrected chi connectivity index (χ4v) is 4.51. The van der Waals surface area contributed by atoms with Gasteiger partial charge in [-0.15, -0.1) is 21.5 Å². The molecule has 0 aliphatic carbocycles. The van der Waals surface area contributed by atoms with Gasteiger partial charge in [0.25, 0.3) is 0 Å². The molecule has 9 heteroatoms. The lowest BCUT2D eigenvalue weighted by atomic mass is 10.1. The first-order valence-corrected chi connectivity index (χ1v) is 11.8. The van der Waals surface area contributed by atoms with Crippen molar-refractivity contribution in [2.45, 2.75) is 24.9 Å². The Balaban J connectivity index is 1.34. The molecule has 0 saturated carbocycles. The molecule has 0 atom stereocenters. The van der Waals surface area contributed by atoms with Crippen LogP contribution in [0.25, 0.3) is 22.6 Å². The number of hydrogen-bond acceptors (Lipinski definition) is 7. The van der Waals surface area contributed by atoms with E-state index in [-0.39, 0.29) is 11.7 Å². The van der Waals surface area contributed by atoms with Gasteiger partial charge >= 0.3 is 0 Å². The number of nitrogens with one attached hydrogen (secondary N) is 1. The van der Waals surface area contributed by atoms with Crippen LogP contribution in [0.15, 0.2) is 59.3 Å². The first-order chi connectivity index (χ1) is 15.1. The predicted octanol–water partition coefficient (Wildman–Crippen LogP) is 4.68. The number of hydrogen-bond donors (Lipinski definition) is 1. The molecule has 0 unspecified atom stereocenters. The summed E-state index contributed by atoms with van der Waals surface area (Å²) in [7, 11) is 1.88. The summed E-state index contributed by atoms with van der Waals surface area (Å²) in [6, 6.07) is 12.2. The van der Waals surface area contributed by atoms with Crippen molar-refractivity contribution in [3.05, 3.63) is 59.7 Å². The van der Waals surface area contributed by atoms with Gasteiger partial charge in [-0.25, -0.2) is 4.98 Å². The van der Waals surface area contributed by atoms with E-state index in [1.807, 2.05) is 29.1 Å². The third-order valence-corrected chi connectivity index (χ3v) is 6.40. The molecule has 0 aliphatic rings. The number of nitrogens with zero attached hydrogens (tertiary/aromatic N) is 5. The molecule has 3 heterocycles. The summed E-state index contributed by atoms with van der Waals surface area (Å²) in [4.78, 5) is 21.1. The number of thiazole rings is 1. The second kappa shape index (κ2) is 9.84. The first kappa shape index (κ1) is 21.2. The number of pyridine rings is 1. The van der Waals surface area contributed by atoms with Gasteiger partial charge < -0.3 is 9.88 Å². The average molecular weight is 451 g/mol. The highest BCUT2D eigenvalue weighted by Crippen LogP contribution is 2.26. The first-order valence-electron chi connectivity index (χ1n) is 9.91. The molecule has 0 spiro atoms. The van der Waals surface area contributed by atoms with Crippen LogP contribution in [-0.2, 0) is 18.3 Å².